The number of H-pyrrole nitrogens is 1. The fourth-order valence-electron chi connectivity index (χ4n) is 1.67. The Labute approximate surface area is 92.0 Å². The third-order valence-electron chi connectivity index (χ3n) is 2.54. The molecule has 2 aromatic rings. The van der Waals surface area contributed by atoms with E-state index in [1.807, 2.05) is 18.3 Å². The van der Waals surface area contributed by atoms with Crippen LogP contribution < -0.4 is 0 Å². The molecule has 2 heterocycles. The van der Waals surface area contributed by atoms with Crippen molar-refractivity contribution in [2.24, 2.45) is 0 Å². The number of aromatic amines is 1. The maximum Gasteiger partial charge on any atom is 0.195 e. The van der Waals surface area contributed by atoms with E-state index in [4.69, 9.17) is 12.2 Å². The van der Waals surface area contributed by atoms with Gasteiger partial charge < -0.3 is 0 Å². The van der Waals surface area contributed by atoms with Crippen molar-refractivity contribution in [2.75, 3.05) is 0 Å². The maximum atomic E-state index is 5.21. The molecule has 0 unspecified atom stereocenters. The zero-order chi connectivity index (χ0) is 10.3. The van der Waals surface area contributed by atoms with Crippen molar-refractivity contribution in [2.45, 2.75) is 18.9 Å². The largest absolute Gasteiger partial charge is 0.297 e. The van der Waals surface area contributed by atoms with Crippen LogP contribution in [-0.2, 0) is 0 Å². The van der Waals surface area contributed by atoms with E-state index >= 15 is 0 Å². The molecule has 0 radical (unpaired) electrons. The molecule has 0 aliphatic heterocycles. The number of nitrogens with one attached hydrogen (secondary N) is 1. The van der Waals surface area contributed by atoms with Crippen molar-refractivity contribution < 1.29 is 0 Å². The van der Waals surface area contributed by atoms with E-state index in [9.17, 15) is 0 Å². The SMILES string of the molecule is S=c1[nH]nc(-c2cccnc2)n1C1CC1. The molecule has 0 aromatic carbocycles. The first-order valence-corrected chi connectivity index (χ1v) is 5.34. The lowest BCUT2D eigenvalue weighted by molar-refractivity contribution is 0.735. The van der Waals surface area contributed by atoms with E-state index in [0.717, 1.165) is 11.4 Å². The molecular weight excluding hydrogens is 208 g/mol. The molecule has 5 heteroatoms. The van der Waals surface area contributed by atoms with Gasteiger partial charge in [-0.25, -0.2) is 0 Å². The predicted octanol–water partition coefficient (Wildman–Crippen LogP) is 2.34. The van der Waals surface area contributed by atoms with Crippen molar-refractivity contribution in [3.63, 3.8) is 0 Å². The van der Waals surface area contributed by atoms with Crippen molar-refractivity contribution in [1.29, 1.82) is 0 Å². The van der Waals surface area contributed by atoms with Crippen molar-refractivity contribution in [3.8, 4) is 11.4 Å². The van der Waals surface area contributed by atoms with Gasteiger partial charge in [0.1, 0.15) is 0 Å². The van der Waals surface area contributed by atoms with Crippen LogP contribution in [0.4, 0.5) is 0 Å². The lowest BCUT2D eigenvalue weighted by Gasteiger charge is -2.03. The molecule has 0 saturated heterocycles. The van der Waals surface area contributed by atoms with E-state index in [1.165, 1.54) is 12.8 Å². The first-order valence-electron chi connectivity index (χ1n) is 4.93. The van der Waals surface area contributed by atoms with E-state index in [-0.39, 0.29) is 0 Å². The number of aromatic nitrogens is 4. The Bertz CT molecular complexity index is 524. The molecule has 3 rings (SSSR count). The van der Waals surface area contributed by atoms with Gasteiger partial charge in [0, 0.05) is 24.0 Å². The van der Waals surface area contributed by atoms with Crippen LogP contribution in [0.15, 0.2) is 24.5 Å². The topological polar surface area (TPSA) is 46.5 Å². The lowest BCUT2D eigenvalue weighted by Crippen LogP contribution is -1.97. The molecule has 76 valence electrons. The fourth-order valence-corrected chi connectivity index (χ4v) is 1.96. The van der Waals surface area contributed by atoms with Gasteiger partial charge in [-0.2, -0.15) is 5.10 Å². The zero-order valence-electron chi connectivity index (χ0n) is 8.05. The van der Waals surface area contributed by atoms with Gasteiger partial charge in [0.05, 0.1) is 0 Å². The third kappa shape index (κ3) is 1.48. The van der Waals surface area contributed by atoms with Gasteiger partial charge in [0.15, 0.2) is 10.6 Å². The molecule has 1 N–H and O–H groups in total. The molecule has 1 aliphatic rings. The Balaban J connectivity index is 2.16. The smallest absolute Gasteiger partial charge is 0.195 e. The summed E-state index contributed by atoms with van der Waals surface area (Å²) in [6, 6.07) is 4.44. The quantitative estimate of drug-likeness (QED) is 0.787. The van der Waals surface area contributed by atoms with E-state index in [2.05, 4.69) is 19.7 Å². The van der Waals surface area contributed by atoms with Crippen LogP contribution in [0.3, 0.4) is 0 Å². The van der Waals surface area contributed by atoms with E-state index in [1.54, 1.807) is 6.20 Å². The van der Waals surface area contributed by atoms with Crippen molar-refractivity contribution in [1.82, 2.24) is 19.7 Å². The summed E-state index contributed by atoms with van der Waals surface area (Å²) in [5.41, 5.74) is 1.01. The van der Waals surface area contributed by atoms with Gasteiger partial charge in [-0.3, -0.25) is 14.6 Å². The number of hydrogen-bond acceptors (Lipinski definition) is 3. The van der Waals surface area contributed by atoms with Crippen LogP contribution in [0.1, 0.15) is 18.9 Å². The van der Waals surface area contributed by atoms with Gasteiger partial charge in [-0.1, -0.05) is 0 Å². The molecule has 0 atom stereocenters. The third-order valence-corrected chi connectivity index (χ3v) is 2.82. The summed E-state index contributed by atoms with van der Waals surface area (Å²) in [6.07, 6.45) is 5.96. The Kier molecular flexibility index (Phi) is 1.92. The van der Waals surface area contributed by atoms with Crippen LogP contribution >= 0.6 is 12.2 Å². The molecule has 1 saturated carbocycles. The molecule has 2 aromatic heterocycles. The molecular formula is C10H10N4S. The molecule has 4 nitrogen and oxygen atoms in total. The van der Waals surface area contributed by atoms with Gasteiger partial charge in [0.2, 0.25) is 0 Å². The molecule has 0 spiro atoms. The average Bonchev–Trinajstić information content (AvgIpc) is 3.03. The standard InChI is InChI=1S/C10H10N4S/c15-10-13-12-9(14(10)8-3-4-8)7-2-1-5-11-6-7/h1-2,5-6,8H,3-4H2,(H,13,15). The second kappa shape index (κ2) is 3.27. The Morgan fingerprint density at radius 1 is 1.47 bits per heavy atom. The first kappa shape index (κ1) is 8.79. The number of pyridine rings is 1. The number of hydrogen-bond donors (Lipinski definition) is 1. The van der Waals surface area contributed by atoms with E-state index in [0.29, 0.717) is 10.8 Å². The Morgan fingerprint density at radius 2 is 2.33 bits per heavy atom. The van der Waals surface area contributed by atoms with Gasteiger partial charge >= 0.3 is 0 Å². The molecule has 1 fully saturated rings. The molecule has 0 bridgehead atoms. The Morgan fingerprint density at radius 3 is 3.00 bits per heavy atom. The normalized spacial score (nSPS) is 15.5. The molecule has 1 aliphatic carbocycles. The molecule has 15 heavy (non-hydrogen) atoms. The Hall–Kier alpha value is -1.49. The summed E-state index contributed by atoms with van der Waals surface area (Å²) in [7, 11) is 0. The first-order chi connectivity index (χ1) is 7.36. The van der Waals surface area contributed by atoms with Gasteiger partial charge in [-0.05, 0) is 37.2 Å². The predicted molar refractivity (Wildman–Crippen MR) is 58.9 cm³/mol. The fraction of sp³-hybridized carbons (Fsp3) is 0.300. The van der Waals surface area contributed by atoms with Crippen molar-refractivity contribution in [3.05, 3.63) is 29.3 Å². The van der Waals surface area contributed by atoms with Crippen LogP contribution in [0.5, 0.6) is 0 Å². The lowest BCUT2D eigenvalue weighted by atomic mass is 10.3. The highest BCUT2D eigenvalue weighted by Crippen LogP contribution is 2.37. The average molecular weight is 218 g/mol. The van der Waals surface area contributed by atoms with Gasteiger partial charge in [-0.15, -0.1) is 0 Å². The summed E-state index contributed by atoms with van der Waals surface area (Å²) < 4.78 is 2.79. The minimum Gasteiger partial charge on any atom is -0.297 e. The number of nitrogens with zero attached hydrogens (tertiary/aromatic N) is 3. The highest BCUT2D eigenvalue weighted by Gasteiger charge is 2.27. The number of rotatable bonds is 2. The monoisotopic (exact) mass is 218 g/mol. The summed E-state index contributed by atoms with van der Waals surface area (Å²) >= 11 is 5.21. The summed E-state index contributed by atoms with van der Waals surface area (Å²) in [6.45, 7) is 0. The van der Waals surface area contributed by atoms with Crippen LogP contribution in [-0.4, -0.2) is 19.7 Å². The minimum atomic E-state index is 0.534. The molecule has 0 amide bonds. The van der Waals surface area contributed by atoms with E-state index < -0.39 is 0 Å². The summed E-state index contributed by atoms with van der Waals surface area (Å²) in [5, 5.41) is 7.10. The van der Waals surface area contributed by atoms with Crippen molar-refractivity contribution >= 4 is 12.2 Å². The van der Waals surface area contributed by atoms with Crippen LogP contribution in [0.2, 0.25) is 0 Å². The highest BCUT2D eigenvalue weighted by atomic mass is 32.1. The highest BCUT2D eigenvalue weighted by molar-refractivity contribution is 7.71. The van der Waals surface area contributed by atoms with Crippen LogP contribution in [0.25, 0.3) is 11.4 Å². The second-order valence-corrected chi connectivity index (χ2v) is 4.08. The maximum absolute atomic E-state index is 5.21. The second-order valence-electron chi connectivity index (χ2n) is 3.70. The zero-order valence-corrected chi connectivity index (χ0v) is 8.87. The summed E-state index contributed by atoms with van der Waals surface area (Å²) in [4.78, 5) is 4.09. The minimum absolute atomic E-state index is 0.534. The van der Waals surface area contributed by atoms with Crippen LogP contribution in [0, 0.1) is 4.77 Å². The van der Waals surface area contributed by atoms with Gasteiger partial charge in [0.25, 0.3) is 0 Å². The summed E-state index contributed by atoms with van der Waals surface area (Å²) in [5.74, 6) is 0.899.